The fraction of sp³-hybridized carbons (Fsp3) is 0.769. The highest BCUT2D eigenvalue weighted by Crippen LogP contribution is 2.14. The number of carbonyl (C=O) groups excluding carboxylic acids is 2. The SMILES string of the molecule is CCOC(=O)[C@@H](C)C[C@H](NC(=O)[C@@H]1CCCO1)C(=O)O. The molecule has 0 spiro atoms. The Kier molecular flexibility index (Phi) is 6.44. The number of amides is 1. The summed E-state index contributed by atoms with van der Waals surface area (Å²) in [6, 6.07) is -1.12. The third kappa shape index (κ3) is 4.80. The van der Waals surface area contributed by atoms with Gasteiger partial charge in [0, 0.05) is 6.61 Å². The number of nitrogens with one attached hydrogen (secondary N) is 1. The minimum Gasteiger partial charge on any atom is -0.480 e. The van der Waals surface area contributed by atoms with E-state index in [1.165, 1.54) is 0 Å². The number of hydrogen-bond acceptors (Lipinski definition) is 5. The van der Waals surface area contributed by atoms with Gasteiger partial charge in [-0.3, -0.25) is 9.59 Å². The molecule has 1 aliphatic heterocycles. The van der Waals surface area contributed by atoms with E-state index in [9.17, 15) is 14.4 Å². The van der Waals surface area contributed by atoms with E-state index in [-0.39, 0.29) is 13.0 Å². The topological polar surface area (TPSA) is 102 Å². The Labute approximate surface area is 117 Å². The van der Waals surface area contributed by atoms with Gasteiger partial charge in [0.1, 0.15) is 12.1 Å². The lowest BCUT2D eigenvalue weighted by Crippen LogP contribution is -2.46. The molecule has 0 aliphatic carbocycles. The Balaban J connectivity index is 2.53. The molecule has 0 aromatic rings. The van der Waals surface area contributed by atoms with Crippen LogP contribution in [0.2, 0.25) is 0 Å². The van der Waals surface area contributed by atoms with Crippen molar-refractivity contribution in [1.29, 1.82) is 0 Å². The van der Waals surface area contributed by atoms with Gasteiger partial charge in [0.2, 0.25) is 5.91 Å². The zero-order chi connectivity index (χ0) is 15.1. The van der Waals surface area contributed by atoms with Gasteiger partial charge in [-0.1, -0.05) is 6.92 Å². The van der Waals surface area contributed by atoms with Crippen molar-refractivity contribution in [3.63, 3.8) is 0 Å². The van der Waals surface area contributed by atoms with Crippen LogP contribution in [-0.2, 0) is 23.9 Å². The highest BCUT2D eigenvalue weighted by Gasteiger charge is 2.30. The number of ether oxygens (including phenoxy) is 2. The van der Waals surface area contributed by atoms with Crippen LogP contribution < -0.4 is 5.32 Å². The van der Waals surface area contributed by atoms with E-state index in [4.69, 9.17) is 14.6 Å². The van der Waals surface area contributed by atoms with E-state index >= 15 is 0 Å². The first-order chi connectivity index (χ1) is 9.45. The van der Waals surface area contributed by atoms with Crippen LogP contribution in [0, 0.1) is 5.92 Å². The van der Waals surface area contributed by atoms with Crippen molar-refractivity contribution in [3.8, 4) is 0 Å². The zero-order valence-electron chi connectivity index (χ0n) is 11.8. The summed E-state index contributed by atoms with van der Waals surface area (Å²) in [5.41, 5.74) is 0. The summed E-state index contributed by atoms with van der Waals surface area (Å²) in [6.07, 6.45) is 0.780. The summed E-state index contributed by atoms with van der Waals surface area (Å²) in [7, 11) is 0. The van der Waals surface area contributed by atoms with E-state index in [0.717, 1.165) is 6.42 Å². The molecule has 0 aromatic heterocycles. The van der Waals surface area contributed by atoms with E-state index in [1.807, 2.05) is 0 Å². The van der Waals surface area contributed by atoms with Crippen molar-refractivity contribution < 1.29 is 29.0 Å². The van der Waals surface area contributed by atoms with Gasteiger partial charge < -0.3 is 19.9 Å². The number of carbonyl (C=O) groups is 3. The Hall–Kier alpha value is -1.63. The standard InChI is InChI=1S/C13H21NO6/c1-3-19-13(18)8(2)7-9(12(16)17)14-11(15)10-5-4-6-20-10/h8-10H,3-7H2,1-2H3,(H,14,15)(H,16,17)/t8-,9-,10-/m0/s1. The maximum atomic E-state index is 11.8. The van der Waals surface area contributed by atoms with Crippen molar-refractivity contribution >= 4 is 17.8 Å². The summed E-state index contributed by atoms with van der Waals surface area (Å²) < 4.78 is 10.0. The lowest BCUT2D eigenvalue weighted by Gasteiger charge is -2.19. The van der Waals surface area contributed by atoms with Gasteiger partial charge in [-0.2, -0.15) is 0 Å². The van der Waals surface area contributed by atoms with Gasteiger partial charge in [-0.25, -0.2) is 4.79 Å². The average molecular weight is 287 g/mol. The summed E-state index contributed by atoms with van der Waals surface area (Å²) in [4.78, 5) is 34.5. The Morgan fingerprint density at radius 2 is 2.15 bits per heavy atom. The van der Waals surface area contributed by atoms with Gasteiger partial charge >= 0.3 is 11.9 Å². The van der Waals surface area contributed by atoms with Gasteiger partial charge in [-0.15, -0.1) is 0 Å². The van der Waals surface area contributed by atoms with Crippen LogP contribution >= 0.6 is 0 Å². The summed E-state index contributed by atoms with van der Waals surface area (Å²) >= 11 is 0. The van der Waals surface area contributed by atoms with Crippen LogP contribution in [0.15, 0.2) is 0 Å². The lowest BCUT2D eigenvalue weighted by atomic mass is 10.0. The number of rotatable bonds is 7. The quantitative estimate of drug-likeness (QED) is 0.654. The van der Waals surface area contributed by atoms with Gasteiger partial charge in [0.05, 0.1) is 12.5 Å². The molecule has 0 radical (unpaired) electrons. The Morgan fingerprint density at radius 3 is 2.65 bits per heavy atom. The molecule has 114 valence electrons. The van der Waals surface area contributed by atoms with Crippen LogP contribution in [-0.4, -0.2) is 48.3 Å². The second kappa shape index (κ2) is 7.84. The first-order valence-corrected chi connectivity index (χ1v) is 6.77. The number of hydrogen-bond donors (Lipinski definition) is 2. The largest absolute Gasteiger partial charge is 0.480 e. The van der Waals surface area contributed by atoms with Crippen molar-refractivity contribution in [2.75, 3.05) is 13.2 Å². The Morgan fingerprint density at radius 1 is 1.45 bits per heavy atom. The predicted octanol–water partition coefficient (Wildman–Crippen LogP) is 0.324. The second-order valence-electron chi connectivity index (χ2n) is 4.79. The molecule has 2 N–H and O–H groups in total. The van der Waals surface area contributed by atoms with Crippen LogP contribution in [0.4, 0.5) is 0 Å². The smallest absolute Gasteiger partial charge is 0.326 e. The summed E-state index contributed by atoms with van der Waals surface area (Å²) in [5, 5.41) is 11.5. The van der Waals surface area contributed by atoms with Crippen molar-refractivity contribution in [2.45, 2.75) is 45.3 Å². The summed E-state index contributed by atoms with van der Waals surface area (Å²) in [5.74, 6) is -2.68. The fourth-order valence-corrected chi connectivity index (χ4v) is 2.00. The minimum atomic E-state index is -1.17. The van der Waals surface area contributed by atoms with Crippen LogP contribution in [0.5, 0.6) is 0 Å². The number of aliphatic carboxylic acids is 1. The molecular formula is C13H21NO6. The molecule has 1 fully saturated rings. The van der Waals surface area contributed by atoms with Crippen LogP contribution in [0.3, 0.4) is 0 Å². The molecule has 1 aliphatic rings. The average Bonchev–Trinajstić information content (AvgIpc) is 2.91. The van der Waals surface area contributed by atoms with Crippen molar-refractivity contribution in [1.82, 2.24) is 5.32 Å². The molecule has 1 saturated heterocycles. The van der Waals surface area contributed by atoms with E-state index in [2.05, 4.69) is 5.32 Å². The molecule has 7 nitrogen and oxygen atoms in total. The molecular weight excluding hydrogens is 266 g/mol. The Bertz CT molecular complexity index is 364. The van der Waals surface area contributed by atoms with Crippen molar-refractivity contribution in [2.24, 2.45) is 5.92 Å². The lowest BCUT2D eigenvalue weighted by molar-refractivity contribution is -0.150. The number of esters is 1. The number of carboxylic acids is 1. The van der Waals surface area contributed by atoms with Crippen LogP contribution in [0.25, 0.3) is 0 Å². The third-order valence-electron chi connectivity index (χ3n) is 3.11. The van der Waals surface area contributed by atoms with Crippen LogP contribution in [0.1, 0.15) is 33.1 Å². The fourth-order valence-electron chi connectivity index (χ4n) is 2.00. The molecule has 1 rings (SSSR count). The predicted molar refractivity (Wildman–Crippen MR) is 69.0 cm³/mol. The van der Waals surface area contributed by atoms with E-state index in [0.29, 0.717) is 13.0 Å². The maximum Gasteiger partial charge on any atom is 0.326 e. The molecule has 7 heteroatoms. The first-order valence-electron chi connectivity index (χ1n) is 6.77. The zero-order valence-corrected chi connectivity index (χ0v) is 11.8. The highest BCUT2D eigenvalue weighted by molar-refractivity contribution is 5.86. The molecule has 3 atom stereocenters. The third-order valence-corrected chi connectivity index (χ3v) is 3.11. The number of carboxylic acid groups (broad SMARTS) is 1. The molecule has 0 unspecified atom stereocenters. The molecule has 20 heavy (non-hydrogen) atoms. The molecule has 1 amide bonds. The molecule has 0 saturated carbocycles. The maximum absolute atomic E-state index is 11.8. The minimum absolute atomic E-state index is 0.00731. The van der Waals surface area contributed by atoms with E-state index in [1.54, 1.807) is 13.8 Å². The monoisotopic (exact) mass is 287 g/mol. The first kappa shape index (κ1) is 16.4. The molecule has 0 aromatic carbocycles. The van der Waals surface area contributed by atoms with Gasteiger partial charge in [0.25, 0.3) is 0 Å². The second-order valence-corrected chi connectivity index (χ2v) is 4.79. The van der Waals surface area contributed by atoms with Gasteiger partial charge in [-0.05, 0) is 26.2 Å². The van der Waals surface area contributed by atoms with E-state index < -0.39 is 35.9 Å². The normalized spacial score (nSPS) is 21.0. The summed E-state index contributed by atoms with van der Waals surface area (Å²) in [6.45, 7) is 4.00. The molecule has 0 bridgehead atoms. The van der Waals surface area contributed by atoms with Gasteiger partial charge in [0.15, 0.2) is 0 Å². The molecule has 1 heterocycles. The highest BCUT2D eigenvalue weighted by atomic mass is 16.5. The van der Waals surface area contributed by atoms with Crippen molar-refractivity contribution in [3.05, 3.63) is 0 Å².